The summed E-state index contributed by atoms with van der Waals surface area (Å²) >= 11 is 3.53. The lowest BCUT2D eigenvalue weighted by molar-refractivity contribution is -0.140. The Labute approximate surface area is 285 Å². The fraction of sp³-hybridized carbons (Fsp3) is 0.297. The first-order valence-electron chi connectivity index (χ1n) is 15.8. The van der Waals surface area contributed by atoms with E-state index in [2.05, 4.69) is 21.2 Å². The molecule has 0 aromatic heterocycles. The van der Waals surface area contributed by atoms with Gasteiger partial charge in [0.2, 0.25) is 11.8 Å². The lowest BCUT2D eigenvalue weighted by Crippen LogP contribution is -2.54. The van der Waals surface area contributed by atoms with E-state index in [0.717, 1.165) is 51.2 Å². The number of nitrogens with one attached hydrogen (secondary N) is 1. The van der Waals surface area contributed by atoms with Gasteiger partial charge >= 0.3 is 0 Å². The van der Waals surface area contributed by atoms with Crippen molar-refractivity contribution in [3.05, 3.63) is 124 Å². The van der Waals surface area contributed by atoms with E-state index in [9.17, 15) is 18.0 Å². The predicted octanol–water partition coefficient (Wildman–Crippen LogP) is 6.66. The van der Waals surface area contributed by atoms with Crippen LogP contribution in [0.5, 0.6) is 5.75 Å². The number of carbonyl (C=O) groups excluding carboxylic acids is 2. The van der Waals surface area contributed by atoms with Crippen molar-refractivity contribution in [1.29, 1.82) is 0 Å². The molecule has 1 saturated carbocycles. The van der Waals surface area contributed by atoms with Crippen molar-refractivity contribution in [3.63, 3.8) is 0 Å². The van der Waals surface area contributed by atoms with Gasteiger partial charge in [0.1, 0.15) is 18.3 Å². The van der Waals surface area contributed by atoms with Gasteiger partial charge in [-0.2, -0.15) is 0 Å². The maximum atomic E-state index is 14.7. The van der Waals surface area contributed by atoms with Crippen LogP contribution in [0.1, 0.15) is 42.4 Å². The van der Waals surface area contributed by atoms with E-state index in [-0.39, 0.29) is 35.5 Å². The summed E-state index contributed by atoms with van der Waals surface area (Å²) in [4.78, 5) is 30.4. The van der Waals surface area contributed by atoms with Crippen LogP contribution in [0.25, 0.3) is 0 Å². The molecule has 47 heavy (non-hydrogen) atoms. The third kappa shape index (κ3) is 8.81. The summed E-state index contributed by atoms with van der Waals surface area (Å²) in [6.45, 7) is 1.45. The zero-order valence-electron chi connectivity index (χ0n) is 26.6. The number of nitrogens with zero attached hydrogens (tertiary/aromatic N) is 2. The first kappa shape index (κ1) is 34.2. The molecule has 8 nitrogen and oxygen atoms in total. The van der Waals surface area contributed by atoms with E-state index in [1.165, 1.54) is 24.1 Å². The van der Waals surface area contributed by atoms with Gasteiger partial charge in [-0.25, -0.2) is 8.42 Å². The van der Waals surface area contributed by atoms with Gasteiger partial charge in [-0.1, -0.05) is 95.0 Å². The predicted molar refractivity (Wildman–Crippen MR) is 188 cm³/mol. The first-order valence-corrected chi connectivity index (χ1v) is 18.0. The quantitative estimate of drug-likeness (QED) is 0.167. The topological polar surface area (TPSA) is 96.0 Å². The highest BCUT2D eigenvalue weighted by molar-refractivity contribution is 9.10. The van der Waals surface area contributed by atoms with Crippen molar-refractivity contribution in [3.8, 4) is 5.75 Å². The molecule has 2 amide bonds. The fourth-order valence-corrected chi connectivity index (χ4v) is 7.74. The van der Waals surface area contributed by atoms with Gasteiger partial charge in [-0.15, -0.1) is 0 Å². The van der Waals surface area contributed by atoms with Crippen LogP contribution >= 0.6 is 15.9 Å². The van der Waals surface area contributed by atoms with Crippen LogP contribution < -0.4 is 14.4 Å². The van der Waals surface area contributed by atoms with Crippen molar-refractivity contribution < 1.29 is 22.7 Å². The van der Waals surface area contributed by atoms with E-state index < -0.39 is 28.5 Å². The average molecular weight is 719 g/mol. The number of aryl methyl sites for hydroxylation is 1. The smallest absolute Gasteiger partial charge is 0.264 e. The van der Waals surface area contributed by atoms with E-state index in [1.54, 1.807) is 36.4 Å². The Balaban J connectivity index is 1.58. The fourth-order valence-electron chi connectivity index (χ4n) is 5.89. The summed E-state index contributed by atoms with van der Waals surface area (Å²) in [6.07, 6.45) is 4.13. The van der Waals surface area contributed by atoms with E-state index in [1.807, 2.05) is 61.5 Å². The average Bonchev–Trinajstić information content (AvgIpc) is 3.59. The van der Waals surface area contributed by atoms with Gasteiger partial charge in [-0.3, -0.25) is 13.9 Å². The second kappa shape index (κ2) is 15.6. The summed E-state index contributed by atoms with van der Waals surface area (Å²) in [7, 11) is -2.71. The van der Waals surface area contributed by atoms with Crippen LogP contribution in [-0.2, 0) is 32.6 Å². The number of hydrogen-bond acceptors (Lipinski definition) is 5. The van der Waals surface area contributed by atoms with E-state index >= 15 is 0 Å². The Morgan fingerprint density at radius 2 is 1.57 bits per heavy atom. The molecule has 1 aliphatic carbocycles. The van der Waals surface area contributed by atoms with Crippen LogP contribution in [-0.4, -0.2) is 50.9 Å². The lowest BCUT2D eigenvalue weighted by atomic mass is 10.0. The van der Waals surface area contributed by atoms with Gasteiger partial charge in [-0.05, 0) is 67.3 Å². The molecule has 1 atom stereocenters. The Morgan fingerprint density at radius 1 is 0.894 bits per heavy atom. The van der Waals surface area contributed by atoms with Crippen molar-refractivity contribution in [1.82, 2.24) is 10.2 Å². The molecule has 1 unspecified atom stereocenters. The lowest BCUT2D eigenvalue weighted by Gasteiger charge is -2.34. The molecule has 5 rings (SSSR count). The van der Waals surface area contributed by atoms with Crippen LogP contribution in [0.4, 0.5) is 5.69 Å². The summed E-state index contributed by atoms with van der Waals surface area (Å²) in [6, 6.07) is 29.4. The summed E-state index contributed by atoms with van der Waals surface area (Å²) in [5.74, 6) is -0.313. The molecule has 0 spiro atoms. The summed E-state index contributed by atoms with van der Waals surface area (Å²) in [5, 5.41) is 3.20. The number of methoxy groups -OCH3 is 1. The third-order valence-electron chi connectivity index (χ3n) is 8.44. The number of ether oxygens (including phenoxy) is 1. The minimum Gasteiger partial charge on any atom is -0.497 e. The molecule has 1 N–H and O–H groups in total. The zero-order valence-corrected chi connectivity index (χ0v) is 29.0. The molecule has 0 bridgehead atoms. The third-order valence-corrected chi connectivity index (χ3v) is 10.7. The number of anilines is 1. The van der Waals surface area contributed by atoms with Crippen molar-refractivity contribution in [2.24, 2.45) is 0 Å². The number of rotatable bonds is 13. The second-order valence-corrected chi connectivity index (χ2v) is 14.7. The molecule has 0 saturated heterocycles. The Bertz CT molecular complexity index is 1780. The largest absolute Gasteiger partial charge is 0.497 e. The van der Waals surface area contributed by atoms with Crippen LogP contribution in [0, 0.1) is 6.92 Å². The highest BCUT2D eigenvalue weighted by Gasteiger charge is 2.35. The Hall–Kier alpha value is -4.15. The molecule has 246 valence electrons. The molecule has 0 heterocycles. The minimum absolute atomic E-state index is 0.0405. The normalized spacial score (nSPS) is 13.9. The first-order chi connectivity index (χ1) is 22.6. The van der Waals surface area contributed by atoms with Crippen LogP contribution in [0.2, 0.25) is 0 Å². The molecular weight excluding hydrogens is 678 g/mol. The van der Waals surface area contributed by atoms with Gasteiger partial charge in [0.25, 0.3) is 10.0 Å². The number of sulfonamides is 1. The number of benzene rings is 4. The van der Waals surface area contributed by atoms with E-state index in [0.29, 0.717) is 5.75 Å². The molecule has 4 aromatic rings. The van der Waals surface area contributed by atoms with Crippen molar-refractivity contribution in [2.75, 3.05) is 18.0 Å². The van der Waals surface area contributed by atoms with Gasteiger partial charge < -0.3 is 15.0 Å². The summed E-state index contributed by atoms with van der Waals surface area (Å²) < 4.78 is 35.9. The molecule has 1 fully saturated rings. The molecule has 0 radical (unpaired) electrons. The molecule has 0 aliphatic heterocycles. The van der Waals surface area contributed by atoms with Gasteiger partial charge in [0, 0.05) is 29.5 Å². The van der Waals surface area contributed by atoms with E-state index in [4.69, 9.17) is 4.74 Å². The Kier molecular flexibility index (Phi) is 11.4. The van der Waals surface area contributed by atoms with Crippen molar-refractivity contribution >= 4 is 43.5 Å². The highest BCUT2D eigenvalue weighted by Crippen LogP contribution is 2.28. The summed E-state index contributed by atoms with van der Waals surface area (Å²) in [5.41, 5.74) is 2.87. The Morgan fingerprint density at radius 3 is 2.26 bits per heavy atom. The van der Waals surface area contributed by atoms with Gasteiger partial charge in [0.15, 0.2) is 0 Å². The second-order valence-electron chi connectivity index (χ2n) is 11.9. The number of amides is 2. The number of carbonyl (C=O) groups is 2. The van der Waals surface area contributed by atoms with Crippen molar-refractivity contribution in [2.45, 2.75) is 62.6 Å². The molecular formula is C37H40BrN3O5S. The number of halogens is 1. The zero-order chi connectivity index (χ0) is 33.4. The minimum atomic E-state index is -4.21. The molecule has 10 heteroatoms. The number of hydrogen-bond donors (Lipinski definition) is 1. The maximum absolute atomic E-state index is 14.7. The molecule has 1 aliphatic rings. The van der Waals surface area contributed by atoms with Crippen LogP contribution in [0.15, 0.2) is 112 Å². The monoisotopic (exact) mass is 717 g/mol. The van der Waals surface area contributed by atoms with Crippen LogP contribution in [0.3, 0.4) is 0 Å². The SMILES string of the molecule is COc1cccc(N(CC(=O)N(Cc2cccc(Br)c2)C(Cc2ccccc2)C(=O)NC2CCCC2)S(=O)(=O)c2ccc(C)cc2)c1. The maximum Gasteiger partial charge on any atom is 0.264 e. The standard InChI is InChI=1S/C37H40BrN3O5S/c1-27-18-20-34(21-19-27)47(44,45)41(32-16-9-17-33(24-32)46-2)26-36(42)40(25-29-12-8-13-30(38)22-29)35(23-28-10-4-3-5-11-28)37(43)39-31-14-6-7-15-31/h3-5,8-13,16-22,24,31,35H,6-7,14-15,23,25-26H2,1-2H3,(H,39,43). The van der Waals surface area contributed by atoms with Gasteiger partial charge in [0.05, 0.1) is 17.7 Å². The molecule has 4 aromatic carbocycles. The highest BCUT2D eigenvalue weighted by atomic mass is 79.9.